The molecule has 128 valence electrons. The van der Waals surface area contributed by atoms with Crippen LogP contribution >= 0.6 is 0 Å². The molecule has 1 N–H and O–H groups in total. The van der Waals surface area contributed by atoms with Gasteiger partial charge in [0.2, 0.25) is 5.91 Å². The highest BCUT2D eigenvalue weighted by Crippen LogP contribution is 2.15. The zero-order valence-electron chi connectivity index (χ0n) is 13.1. The summed E-state index contributed by atoms with van der Waals surface area (Å²) in [6.45, 7) is -0.628. The van der Waals surface area contributed by atoms with Crippen molar-refractivity contribution in [1.29, 1.82) is 0 Å². The number of nitrogens with one attached hydrogen (secondary N) is 1. The first-order valence-corrected chi connectivity index (χ1v) is 7.10. The van der Waals surface area contributed by atoms with E-state index in [2.05, 4.69) is 5.32 Å². The molecule has 0 bridgehead atoms. The van der Waals surface area contributed by atoms with Crippen LogP contribution in [0.5, 0.6) is 0 Å². The maximum Gasteiger partial charge on any atom is 0.406 e. The third-order valence-corrected chi connectivity index (χ3v) is 3.65. The SMILES string of the molecule is CN(CC(F)(F)F)C(=O)CNC(=O)N1CCCC(N(C)C)C1. The van der Waals surface area contributed by atoms with Crippen molar-refractivity contribution in [3.8, 4) is 0 Å². The van der Waals surface area contributed by atoms with E-state index in [0.29, 0.717) is 18.0 Å². The number of likely N-dealkylation sites (N-methyl/N-ethyl adjacent to an activating group) is 2. The Morgan fingerprint density at radius 2 is 1.91 bits per heavy atom. The minimum Gasteiger partial charge on any atom is -0.335 e. The number of alkyl halides is 3. The molecule has 9 heteroatoms. The summed E-state index contributed by atoms with van der Waals surface area (Å²) in [5, 5.41) is 2.39. The van der Waals surface area contributed by atoms with Gasteiger partial charge in [0.15, 0.2) is 0 Å². The minimum atomic E-state index is -4.44. The molecule has 3 amide bonds. The van der Waals surface area contributed by atoms with Crippen LogP contribution in [0.15, 0.2) is 0 Å². The molecule has 22 heavy (non-hydrogen) atoms. The average molecular weight is 324 g/mol. The molecule has 0 aromatic rings. The molecule has 1 aliphatic heterocycles. The Bertz CT molecular complexity index is 401. The van der Waals surface area contributed by atoms with Gasteiger partial charge in [-0.25, -0.2) is 4.79 Å². The van der Waals surface area contributed by atoms with E-state index in [1.807, 2.05) is 19.0 Å². The highest BCUT2D eigenvalue weighted by atomic mass is 19.4. The smallest absolute Gasteiger partial charge is 0.335 e. The second kappa shape index (κ2) is 7.66. The molecule has 6 nitrogen and oxygen atoms in total. The van der Waals surface area contributed by atoms with Gasteiger partial charge in [-0.2, -0.15) is 13.2 Å². The van der Waals surface area contributed by atoms with Crippen molar-refractivity contribution in [3.63, 3.8) is 0 Å². The lowest BCUT2D eigenvalue weighted by Gasteiger charge is -2.36. The molecule has 0 aromatic heterocycles. The molecular formula is C13H23F3N4O2. The summed E-state index contributed by atoms with van der Waals surface area (Å²) in [5.41, 5.74) is 0. The van der Waals surface area contributed by atoms with Gasteiger partial charge in [0, 0.05) is 26.2 Å². The highest BCUT2D eigenvalue weighted by molar-refractivity contribution is 5.84. The van der Waals surface area contributed by atoms with Crippen LogP contribution in [0.3, 0.4) is 0 Å². The number of piperidine rings is 1. The zero-order valence-corrected chi connectivity index (χ0v) is 13.1. The van der Waals surface area contributed by atoms with Crippen molar-refractivity contribution in [2.45, 2.75) is 25.1 Å². The average Bonchev–Trinajstić information content (AvgIpc) is 2.42. The lowest BCUT2D eigenvalue weighted by molar-refractivity contribution is -0.157. The fraction of sp³-hybridized carbons (Fsp3) is 0.846. The van der Waals surface area contributed by atoms with Gasteiger partial charge in [0.25, 0.3) is 0 Å². The second-order valence-electron chi connectivity index (χ2n) is 5.73. The first-order valence-electron chi connectivity index (χ1n) is 7.10. The predicted octanol–water partition coefficient (Wildman–Crippen LogP) is 0.743. The van der Waals surface area contributed by atoms with E-state index in [1.54, 1.807) is 4.90 Å². The number of carbonyl (C=O) groups excluding carboxylic acids is 2. The molecule has 1 fully saturated rings. The van der Waals surface area contributed by atoms with Crippen LogP contribution < -0.4 is 5.32 Å². The largest absolute Gasteiger partial charge is 0.406 e. The minimum absolute atomic E-state index is 0.253. The molecule has 0 aliphatic carbocycles. The van der Waals surface area contributed by atoms with Crippen LogP contribution in [0.1, 0.15) is 12.8 Å². The van der Waals surface area contributed by atoms with Gasteiger partial charge in [0.05, 0.1) is 6.54 Å². The molecule has 1 aliphatic rings. The topological polar surface area (TPSA) is 55.9 Å². The van der Waals surface area contributed by atoms with Crippen molar-refractivity contribution in [1.82, 2.24) is 20.0 Å². The fourth-order valence-electron chi connectivity index (χ4n) is 2.32. The number of amides is 3. The summed E-state index contributed by atoms with van der Waals surface area (Å²) in [7, 11) is 4.92. The molecule has 1 rings (SSSR count). The number of hydrogen-bond donors (Lipinski definition) is 1. The molecule has 0 saturated carbocycles. The van der Waals surface area contributed by atoms with E-state index in [9.17, 15) is 22.8 Å². The maximum absolute atomic E-state index is 12.2. The monoisotopic (exact) mass is 324 g/mol. The number of urea groups is 1. The lowest BCUT2D eigenvalue weighted by Crippen LogP contribution is -2.52. The number of nitrogens with zero attached hydrogens (tertiary/aromatic N) is 3. The number of halogens is 3. The number of rotatable bonds is 4. The number of hydrogen-bond acceptors (Lipinski definition) is 3. The summed E-state index contributed by atoms with van der Waals surface area (Å²) in [5.74, 6) is -0.771. The Labute approximate surface area is 128 Å². The van der Waals surface area contributed by atoms with Gasteiger partial charge in [-0.15, -0.1) is 0 Å². The summed E-state index contributed by atoms with van der Waals surface area (Å²) in [6, 6.07) is -0.164. The Hall–Kier alpha value is -1.51. The fourth-order valence-corrected chi connectivity index (χ4v) is 2.32. The molecule has 0 radical (unpaired) electrons. The van der Waals surface area contributed by atoms with Gasteiger partial charge in [-0.05, 0) is 26.9 Å². The normalized spacial score (nSPS) is 19.2. The first-order chi connectivity index (χ1) is 10.1. The van der Waals surface area contributed by atoms with E-state index >= 15 is 0 Å². The third-order valence-electron chi connectivity index (χ3n) is 3.65. The Morgan fingerprint density at radius 1 is 1.27 bits per heavy atom. The van der Waals surface area contributed by atoms with E-state index in [4.69, 9.17) is 0 Å². The lowest BCUT2D eigenvalue weighted by atomic mass is 10.1. The van der Waals surface area contributed by atoms with Crippen LogP contribution in [-0.2, 0) is 4.79 Å². The molecule has 1 heterocycles. The van der Waals surface area contributed by atoms with E-state index < -0.39 is 31.2 Å². The Kier molecular flexibility index (Phi) is 6.46. The van der Waals surface area contributed by atoms with E-state index in [0.717, 1.165) is 19.9 Å². The summed E-state index contributed by atoms with van der Waals surface area (Å²) < 4.78 is 36.5. The molecule has 0 spiro atoms. The van der Waals surface area contributed by atoms with Crippen LogP contribution in [-0.4, -0.2) is 86.2 Å². The Morgan fingerprint density at radius 3 is 2.45 bits per heavy atom. The van der Waals surface area contributed by atoms with Crippen LogP contribution in [0.2, 0.25) is 0 Å². The van der Waals surface area contributed by atoms with Gasteiger partial charge in [0.1, 0.15) is 6.54 Å². The summed E-state index contributed by atoms with van der Waals surface area (Å²) in [6.07, 6.45) is -2.59. The summed E-state index contributed by atoms with van der Waals surface area (Å²) >= 11 is 0. The second-order valence-corrected chi connectivity index (χ2v) is 5.73. The van der Waals surface area contributed by atoms with Crippen LogP contribution in [0, 0.1) is 0 Å². The van der Waals surface area contributed by atoms with Gasteiger partial charge >= 0.3 is 12.2 Å². The molecule has 0 aromatic carbocycles. The predicted molar refractivity (Wildman–Crippen MR) is 75.4 cm³/mol. The molecule has 1 saturated heterocycles. The van der Waals surface area contributed by atoms with Crippen molar-refractivity contribution < 1.29 is 22.8 Å². The number of likely N-dealkylation sites (tertiary alicyclic amines) is 1. The van der Waals surface area contributed by atoms with Crippen molar-refractivity contribution in [2.75, 3.05) is 47.3 Å². The van der Waals surface area contributed by atoms with Crippen LogP contribution in [0.25, 0.3) is 0 Å². The van der Waals surface area contributed by atoms with Gasteiger partial charge < -0.3 is 20.0 Å². The zero-order chi connectivity index (χ0) is 16.9. The quantitative estimate of drug-likeness (QED) is 0.830. The van der Waals surface area contributed by atoms with E-state index in [1.165, 1.54) is 0 Å². The van der Waals surface area contributed by atoms with Gasteiger partial charge in [-0.3, -0.25) is 4.79 Å². The summed E-state index contributed by atoms with van der Waals surface area (Å²) in [4.78, 5) is 27.7. The third kappa shape index (κ3) is 6.08. The van der Waals surface area contributed by atoms with Crippen LogP contribution in [0.4, 0.5) is 18.0 Å². The standard InChI is InChI=1S/C13H23F3N4O2/c1-18(2)10-5-4-6-20(8-10)12(22)17-7-11(21)19(3)9-13(14,15)16/h10H,4-9H2,1-3H3,(H,17,22). The molecule has 1 atom stereocenters. The highest BCUT2D eigenvalue weighted by Gasteiger charge is 2.31. The van der Waals surface area contributed by atoms with Crippen molar-refractivity contribution in [3.05, 3.63) is 0 Å². The maximum atomic E-state index is 12.2. The first kappa shape index (κ1) is 18.5. The van der Waals surface area contributed by atoms with Gasteiger partial charge in [-0.1, -0.05) is 0 Å². The van der Waals surface area contributed by atoms with Crippen molar-refractivity contribution >= 4 is 11.9 Å². The van der Waals surface area contributed by atoms with Crippen molar-refractivity contribution in [2.24, 2.45) is 0 Å². The van der Waals surface area contributed by atoms with E-state index in [-0.39, 0.29) is 6.04 Å². The molecular weight excluding hydrogens is 301 g/mol. The number of carbonyl (C=O) groups is 2. The Balaban J connectivity index is 2.40. The molecule has 1 unspecified atom stereocenters.